The Hall–Kier alpha value is -2.60. The molecular formula is C24H27N3O2S. The SMILES string of the molecule is CN(C(=O)CSc1nnc(C2CCCCC2)o1)C(c1ccccc1)c1ccccc1. The topological polar surface area (TPSA) is 59.2 Å². The second kappa shape index (κ2) is 9.94. The Bertz CT molecular complexity index is 900. The lowest BCUT2D eigenvalue weighted by molar-refractivity contribution is -0.128. The Balaban J connectivity index is 1.43. The van der Waals surface area contributed by atoms with E-state index in [0.29, 0.717) is 11.1 Å². The van der Waals surface area contributed by atoms with Crippen LogP contribution in [0.15, 0.2) is 70.3 Å². The number of rotatable bonds is 7. The molecule has 1 aliphatic carbocycles. The molecule has 0 saturated heterocycles. The molecule has 2 aromatic carbocycles. The molecule has 6 heteroatoms. The molecule has 156 valence electrons. The molecule has 0 bridgehead atoms. The first-order valence-electron chi connectivity index (χ1n) is 10.5. The maximum atomic E-state index is 13.0. The van der Waals surface area contributed by atoms with Crippen molar-refractivity contribution in [1.82, 2.24) is 15.1 Å². The summed E-state index contributed by atoms with van der Waals surface area (Å²) in [6, 6.07) is 20.1. The summed E-state index contributed by atoms with van der Waals surface area (Å²) in [5.74, 6) is 1.39. The first-order chi connectivity index (χ1) is 14.7. The van der Waals surface area contributed by atoms with Gasteiger partial charge in [0.2, 0.25) is 11.8 Å². The second-order valence-electron chi connectivity index (χ2n) is 7.76. The van der Waals surface area contributed by atoms with Gasteiger partial charge in [-0.3, -0.25) is 4.79 Å². The van der Waals surface area contributed by atoms with Crippen LogP contribution in [-0.2, 0) is 4.79 Å². The van der Waals surface area contributed by atoms with E-state index in [9.17, 15) is 4.79 Å². The van der Waals surface area contributed by atoms with Gasteiger partial charge in [0.05, 0.1) is 11.8 Å². The highest BCUT2D eigenvalue weighted by molar-refractivity contribution is 7.99. The smallest absolute Gasteiger partial charge is 0.277 e. The van der Waals surface area contributed by atoms with E-state index in [2.05, 4.69) is 34.5 Å². The van der Waals surface area contributed by atoms with Crippen molar-refractivity contribution in [3.05, 3.63) is 77.7 Å². The van der Waals surface area contributed by atoms with Gasteiger partial charge in [0.15, 0.2) is 0 Å². The summed E-state index contributed by atoms with van der Waals surface area (Å²) in [6.07, 6.45) is 5.96. The number of benzene rings is 2. The van der Waals surface area contributed by atoms with Crippen molar-refractivity contribution >= 4 is 17.7 Å². The molecule has 1 fully saturated rings. The Labute approximate surface area is 181 Å². The largest absolute Gasteiger partial charge is 0.416 e. The van der Waals surface area contributed by atoms with E-state index in [1.54, 1.807) is 4.90 Å². The van der Waals surface area contributed by atoms with Crippen LogP contribution >= 0.6 is 11.8 Å². The van der Waals surface area contributed by atoms with Crippen molar-refractivity contribution in [3.8, 4) is 0 Å². The highest BCUT2D eigenvalue weighted by atomic mass is 32.2. The molecular weight excluding hydrogens is 394 g/mol. The van der Waals surface area contributed by atoms with Crippen LogP contribution in [0.4, 0.5) is 0 Å². The lowest BCUT2D eigenvalue weighted by atomic mass is 9.89. The van der Waals surface area contributed by atoms with E-state index in [0.717, 1.165) is 29.9 Å². The normalized spacial score (nSPS) is 14.7. The molecule has 1 aromatic heterocycles. The van der Waals surface area contributed by atoms with E-state index in [4.69, 9.17) is 4.42 Å². The van der Waals surface area contributed by atoms with Crippen LogP contribution in [0.1, 0.15) is 61.1 Å². The monoisotopic (exact) mass is 421 g/mol. The van der Waals surface area contributed by atoms with E-state index in [1.807, 2.05) is 43.4 Å². The average molecular weight is 422 g/mol. The van der Waals surface area contributed by atoms with Crippen molar-refractivity contribution in [2.24, 2.45) is 0 Å². The third kappa shape index (κ3) is 4.93. The molecule has 0 radical (unpaired) electrons. The molecule has 5 nitrogen and oxygen atoms in total. The summed E-state index contributed by atoms with van der Waals surface area (Å²) in [5, 5.41) is 8.87. The predicted octanol–water partition coefficient (Wildman–Crippen LogP) is 5.46. The van der Waals surface area contributed by atoms with Gasteiger partial charge in [0, 0.05) is 13.0 Å². The second-order valence-corrected chi connectivity index (χ2v) is 8.68. The molecule has 1 aliphatic rings. The molecule has 0 aliphatic heterocycles. The lowest BCUT2D eigenvalue weighted by Gasteiger charge is -2.29. The number of aromatic nitrogens is 2. The van der Waals surface area contributed by atoms with E-state index < -0.39 is 0 Å². The maximum Gasteiger partial charge on any atom is 0.277 e. The molecule has 0 N–H and O–H groups in total. The van der Waals surface area contributed by atoms with Gasteiger partial charge in [0.1, 0.15) is 0 Å². The average Bonchev–Trinajstić information content (AvgIpc) is 3.29. The van der Waals surface area contributed by atoms with Gasteiger partial charge < -0.3 is 9.32 Å². The van der Waals surface area contributed by atoms with Crippen molar-refractivity contribution in [2.45, 2.75) is 49.3 Å². The summed E-state index contributed by atoms with van der Waals surface area (Å²) in [7, 11) is 1.86. The number of hydrogen-bond acceptors (Lipinski definition) is 5. The number of hydrogen-bond donors (Lipinski definition) is 0. The van der Waals surface area contributed by atoms with Crippen LogP contribution in [0.2, 0.25) is 0 Å². The molecule has 4 rings (SSSR count). The van der Waals surface area contributed by atoms with Crippen LogP contribution in [0, 0.1) is 0 Å². The van der Waals surface area contributed by atoms with Crippen LogP contribution in [0.25, 0.3) is 0 Å². The van der Waals surface area contributed by atoms with Gasteiger partial charge in [-0.2, -0.15) is 0 Å². The highest BCUT2D eigenvalue weighted by Gasteiger charge is 2.25. The number of amides is 1. The third-order valence-corrected chi connectivity index (χ3v) is 6.51. The summed E-state index contributed by atoms with van der Waals surface area (Å²) in [6.45, 7) is 0. The molecule has 0 spiro atoms. The minimum Gasteiger partial charge on any atom is -0.416 e. The van der Waals surface area contributed by atoms with Crippen molar-refractivity contribution < 1.29 is 9.21 Å². The quantitative estimate of drug-likeness (QED) is 0.474. The number of carbonyl (C=O) groups excluding carboxylic acids is 1. The molecule has 30 heavy (non-hydrogen) atoms. The van der Waals surface area contributed by atoms with Gasteiger partial charge in [-0.15, -0.1) is 10.2 Å². The number of thioether (sulfide) groups is 1. The first kappa shape index (κ1) is 20.7. The number of carbonyl (C=O) groups is 1. The molecule has 1 heterocycles. The van der Waals surface area contributed by atoms with Gasteiger partial charge >= 0.3 is 0 Å². The van der Waals surface area contributed by atoms with Crippen LogP contribution in [0.3, 0.4) is 0 Å². The van der Waals surface area contributed by atoms with E-state index in [-0.39, 0.29) is 17.7 Å². The Morgan fingerprint density at radius 1 is 1.00 bits per heavy atom. The number of nitrogens with zero attached hydrogens (tertiary/aromatic N) is 3. The fourth-order valence-corrected chi connectivity index (χ4v) is 4.77. The van der Waals surface area contributed by atoms with E-state index in [1.165, 1.54) is 31.0 Å². The Morgan fingerprint density at radius 3 is 2.20 bits per heavy atom. The van der Waals surface area contributed by atoms with Crippen molar-refractivity contribution in [3.63, 3.8) is 0 Å². The van der Waals surface area contributed by atoms with Gasteiger partial charge in [-0.05, 0) is 24.0 Å². The minimum atomic E-state index is -0.138. The summed E-state index contributed by atoms with van der Waals surface area (Å²) in [4.78, 5) is 14.8. The van der Waals surface area contributed by atoms with Crippen molar-refractivity contribution in [2.75, 3.05) is 12.8 Å². The van der Waals surface area contributed by atoms with Gasteiger partial charge in [-0.25, -0.2) is 0 Å². The Kier molecular flexibility index (Phi) is 6.84. The zero-order valence-corrected chi connectivity index (χ0v) is 18.1. The molecule has 3 aromatic rings. The first-order valence-corrected chi connectivity index (χ1v) is 11.5. The van der Waals surface area contributed by atoms with Crippen molar-refractivity contribution in [1.29, 1.82) is 0 Å². The van der Waals surface area contributed by atoms with Gasteiger partial charge in [0.25, 0.3) is 5.22 Å². The third-order valence-electron chi connectivity index (χ3n) is 5.71. The molecule has 0 unspecified atom stereocenters. The maximum absolute atomic E-state index is 13.0. The standard InChI is InChI=1S/C24H27N3O2S/c1-27(22(18-11-5-2-6-12-18)19-13-7-3-8-14-19)21(28)17-30-24-26-25-23(29-24)20-15-9-4-10-16-20/h2-3,5-8,11-14,20,22H,4,9-10,15-17H2,1H3. The zero-order valence-electron chi connectivity index (χ0n) is 17.2. The fourth-order valence-electron chi connectivity index (χ4n) is 4.07. The molecule has 0 atom stereocenters. The van der Waals surface area contributed by atoms with Crippen LogP contribution < -0.4 is 0 Å². The van der Waals surface area contributed by atoms with Crippen LogP contribution in [0.5, 0.6) is 0 Å². The lowest BCUT2D eigenvalue weighted by Crippen LogP contribution is -2.33. The van der Waals surface area contributed by atoms with Gasteiger partial charge in [-0.1, -0.05) is 91.7 Å². The zero-order chi connectivity index (χ0) is 20.8. The van der Waals surface area contributed by atoms with E-state index >= 15 is 0 Å². The summed E-state index contributed by atoms with van der Waals surface area (Å²) < 4.78 is 5.85. The molecule has 1 amide bonds. The predicted molar refractivity (Wildman–Crippen MR) is 118 cm³/mol. The summed E-state index contributed by atoms with van der Waals surface area (Å²) >= 11 is 1.32. The Morgan fingerprint density at radius 2 is 1.60 bits per heavy atom. The summed E-state index contributed by atoms with van der Waals surface area (Å²) in [5.41, 5.74) is 2.17. The highest BCUT2D eigenvalue weighted by Crippen LogP contribution is 2.33. The molecule has 1 saturated carbocycles. The van der Waals surface area contributed by atoms with Crippen LogP contribution in [-0.4, -0.2) is 33.8 Å². The fraction of sp³-hybridized carbons (Fsp3) is 0.375. The minimum absolute atomic E-state index is 0.0233.